The number of hydrogen-bond acceptors (Lipinski definition) is 3. The Hall–Kier alpha value is -6.91. The maximum atomic E-state index is 6.51. The number of fused-ring (bicyclic) bond motifs is 6. The minimum Gasteiger partial charge on any atom is -0.435 e. The third-order valence-corrected chi connectivity index (χ3v) is 9.79. The molecule has 0 aliphatic heterocycles. The first-order valence-corrected chi connectivity index (χ1v) is 17.2. The lowest BCUT2D eigenvalue weighted by Gasteiger charge is -2.27. The third-order valence-electron chi connectivity index (χ3n) is 9.79. The van der Waals surface area contributed by atoms with E-state index in [0.717, 1.165) is 55.7 Å². The molecule has 0 fully saturated rings. The molecule has 2 aromatic heterocycles. The van der Waals surface area contributed by atoms with Crippen LogP contribution in [0.4, 0.5) is 17.1 Å². The van der Waals surface area contributed by atoms with Crippen LogP contribution in [0.5, 0.6) is 0 Å². The predicted octanol–water partition coefficient (Wildman–Crippen LogP) is 12.9. The highest BCUT2D eigenvalue weighted by molar-refractivity contribution is 6.13. The molecule has 10 rings (SSSR count). The first-order valence-electron chi connectivity index (χ1n) is 17.2. The molecule has 0 N–H and O–H groups in total. The summed E-state index contributed by atoms with van der Waals surface area (Å²) in [5.74, 6) is 0.621. The zero-order chi connectivity index (χ0) is 33.7. The number of hydrogen-bond donors (Lipinski definition) is 0. The van der Waals surface area contributed by atoms with Gasteiger partial charge in [0.2, 0.25) is 5.89 Å². The number of rotatable bonds is 6. The van der Waals surface area contributed by atoms with E-state index in [4.69, 9.17) is 9.40 Å². The molecule has 51 heavy (non-hydrogen) atoms. The molecule has 0 saturated carbocycles. The van der Waals surface area contributed by atoms with Crippen LogP contribution in [-0.4, -0.2) is 9.55 Å². The Morgan fingerprint density at radius 1 is 0.431 bits per heavy atom. The van der Waals surface area contributed by atoms with E-state index < -0.39 is 0 Å². The van der Waals surface area contributed by atoms with Crippen LogP contribution in [0.2, 0.25) is 0 Å². The van der Waals surface area contributed by atoms with Gasteiger partial charge in [-0.05, 0) is 90.0 Å². The van der Waals surface area contributed by atoms with E-state index in [1.54, 1.807) is 0 Å². The zero-order valence-corrected chi connectivity index (χ0v) is 27.6. The van der Waals surface area contributed by atoms with Crippen molar-refractivity contribution in [2.75, 3.05) is 4.90 Å². The van der Waals surface area contributed by atoms with Crippen LogP contribution >= 0.6 is 0 Å². The van der Waals surface area contributed by atoms with Gasteiger partial charge >= 0.3 is 0 Å². The normalized spacial score (nSPS) is 11.5. The highest BCUT2D eigenvalue weighted by atomic mass is 16.3. The summed E-state index contributed by atoms with van der Waals surface area (Å²) in [4.78, 5) is 7.26. The number of nitrogens with zero attached hydrogens (tertiary/aromatic N) is 3. The number of aromatic nitrogens is 2. The maximum Gasteiger partial charge on any atom is 0.227 e. The van der Waals surface area contributed by atoms with Gasteiger partial charge in [0, 0.05) is 44.2 Å². The van der Waals surface area contributed by atoms with Crippen LogP contribution < -0.4 is 4.90 Å². The standard InChI is InChI=1S/C47H31N3O/c1-4-14-32(15-5-1)34-18-12-21-36(30-34)49(37-26-29-45-41(31-37)38-22-10-11-24-44(38)50(45)35-19-8-3-9-20-35)43-25-13-23-40-39(43)27-28-42-46(40)51-47(48-42)33-16-6-2-7-17-33/h1-31H. The summed E-state index contributed by atoms with van der Waals surface area (Å²) in [6.45, 7) is 0. The first-order chi connectivity index (χ1) is 25.3. The van der Waals surface area contributed by atoms with E-state index in [-0.39, 0.29) is 0 Å². The van der Waals surface area contributed by atoms with Gasteiger partial charge in [-0.15, -0.1) is 0 Å². The van der Waals surface area contributed by atoms with E-state index in [1.165, 1.54) is 27.4 Å². The molecule has 0 atom stereocenters. The molecule has 0 saturated heterocycles. The quantitative estimate of drug-likeness (QED) is 0.179. The molecular weight excluding hydrogens is 623 g/mol. The summed E-state index contributed by atoms with van der Waals surface area (Å²) >= 11 is 0. The highest BCUT2D eigenvalue weighted by Gasteiger charge is 2.21. The number of oxazole rings is 1. The number of para-hydroxylation sites is 2. The van der Waals surface area contributed by atoms with Crippen molar-refractivity contribution in [2.24, 2.45) is 0 Å². The Bertz CT molecular complexity index is 2850. The lowest BCUT2D eigenvalue weighted by Crippen LogP contribution is -2.10. The number of anilines is 3. The summed E-state index contributed by atoms with van der Waals surface area (Å²) in [7, 11) is 0. The molecule has 240 valence electrons. The van der Waals surface area contributed by atoms with Crippen molar-refractivity contribution >= 4 is 60.7 Å². The zero-order valence-electron chi connectivity index (χ0n) is 27.6. The Kier molecular flexibility index (Phi) is 6.78. The molecule has 0 aliphatic rings. The lowest BCUT2D eigenvalue weighted by atomic mass is 10.0. The Balaban J connectivity index is 1.22. The molecule has 8 aromatic carbocycles. The molecule has 0 amide bonds. The van der Waals surface area contributed by atoms with Crippen molar-refractivity contribution in [3.05, 3.63) is 188 Å². The van der Waals surface area contributed by atoms with Gasteiger partial charge in [-0.3, -0.25) is 0 Å². The molecule has 0 spiro atoms. The monoisotopic (exact) mass is 653 g/mol. The smallest absolute Gasteiger partial charge is 0.227 e. The van der Waals surface area contributed by atoms with Crippen LogP contribution in [0.3, 0.4) is 0 Å². The average Bonchev–Trinajstić information content (AvgIpc) is 3.79. The Morgan fingerprint density at radius 3 is 1.90 bits per heavy atom. The van der Waals surface area contributed by atoms with Gasteiger partial charge in [-0.1, -0.05) is 109 Å². The summed E-state index contributed by atoms with van der Waals surface area (Å²) in [5, 5.41) is 4.51. The maximum absolute atomic E-state index is 6.51. The SMILES string of the molecule is c1ccc(-c2cccc(N(c3ccc4c(c3)c3ccccc3n4-c3ccccc3)c3cccc4c3ccc3nc(-c5ccccc5)oc34)c2)cc1. The van der Waals surface area contributed by atoms with Crippen LogP contribution in [-0.2, 0) is 0 Å². The average molecular weight is 654 g/mol. The van der Waals surface area contributed by atoms with Gasteiger partial charge in [0.15, 0.2) is 5.58 Å². The molecule has 0 bridgehead atoms. The second kappa shape index (κ2) is 11.9. The van der Waals surface area contributed by atoms with E-state index >= 15 is 0 Å². The first kappa shape index (κ1) is 29.0. The van der Waals surface area contributed by atoms with Gasteiger partial charge in [-0.2, -0.15) is 0 Å². The molecule has 4 nitrogen and oxygen atoms in total. The van der Waals surface area contributed by atoms with Crippen LogP contribution in [0.1, 0.15) is 0 Å². The third kappa shape index (κ3) is 4.88. The molecule has 10 aromatic rings. The van der Waals surface area contributed by atoms with Gasteiger partial charge in [-0.25, -0.2) is 4.98 Å². The Morgan fingerprint density at radius 2 is 1.08 bits per heavy atom. The minimum atomic E-state index is 0.621. The van der Waals surface area contributed by atoms with Crippen molar-refractivity contribution in [1.29, 1.82) is 0 Å². The fourth-order valence-corrected chi connectivity index (χ4v) is 7.46. The Labute approximate surface area is 295 Å². The lowest BCUT2D eigenvalue weighted by molar-refractivity contribution is 0.623. The van der Waals surface area contributed by atoms with Crippen molar-refractivity contribution in [3.8, 4) is 28.3 Å². The van der Waals surface area contributed by atoms with Gasteiger partial charge in [0.25, 0.3) is 0 Å². The number of benzene rings is 8. The highest BCUT2D eigenvalue weighted by Crippen LogP contribution is 2.44. The van der Waals surface area contributed by atoms with E-state index in [2.05, 4.69) is 167 Å². The molecule has 2 heterocycles. The van der Waals surface area contributed by atoms with Crippen molar-refractivity contribution < 1.29 is 4.42 Å². The van der Waals surface area contributed by atoms with Gasteiger partial charge in [0.05, 0.1) is 16.7 Å². The molecule has 0 radical (unpaired) electrons. The van der Waals surface area contributed by atoms with Crippen molar-refractivity contribution in [2.45, 2.75) is 0 Å². The van der Waals surface area contributed by atoms with Crippen LogP contribution in [0.25, 0.3) is 71.9 Å². The molecular formula is C47H31N3O. The van der Waals surface area contributed by atoms with Gasteiger partial charge < -0.3 is 13.9 Å². The molecule has 0 unspecified atom stereocenters. The summed E-state index contributed by atoms with van der Waals surface area (Å²) in [5.41, 5.74) is 11.6. The second-order valence-corrected chi connectivity index (χ2v) is 12.8. The largest absolute Gasteiger partial charge is 0.435 e. The fourth-order valence-electron chi connectivity index (χ4n) is 7.46. The summed E-state index contributed by atoms with van der Waals surface area (Å²) in [6.07, 6.45) is 0. The van der Waals surface area contributed by atoms with Crippen molar-refractivity contribution in [3.63, 3.8) is 0 Å². The summed E-state index contributed by atoms with van der Waals surface area (Å²) < 4.78 is 8.87. The summed E-state index contributed by atoms with van der Waals surface area (Å²) in [6, 6.07) is 66.3. The van der Waals surface area contributed by atoms with Crippen LogP contribution in [0.15, 0.2) is 192 Å². The van der Waals surface area contributed by atoms with Crippen LogP contribution in [0, 0.1) is 0 Å². The van der Waals surface area contributed by atoms with E-state index in [1.807, 2.05) is 30.3 Å². The van der Waals surface area contributed by atoms with Crippen molar-refractivity contribution in [1.82, 2.24) is 9.55 Å². The molecule has 4 heteroatoms. The van der Waals surface area contributed by atoms with E-state index in [9.17, 15) is 0 Å². The van der Waals surface area contributed by atoms with E-state index in [0.29, 0.717) is 5.89 Å². The topological polar surface area (TPSA) is 34.2 Å². The fraction of sp³-hybridized carbons (Fsp3) is 0. The predicted molar refractivity (Wildman–Crippen MR) is 211 cm³/mol. The second-order valence-electron chi connectivity index (χ2n) is 12.8. The van der Waals surface area contributed by atoms with Gasteiger partial charge in [0.1, 0.15) is 5.52 Å². The minimum absolute atomic E-state index is 0.621. The molecule has 0 aliphatic carbocycles.